The van der Waals surface area contributed by atoms with E-state index in [1.54, 1.807) is 30.3 Å². The number of allylic oxidation sites excluding steroid dienone is 2. The second kappa shape index (κ2) is 18.3. The Labute approximate surface area is 221 Å². The smallest absolute Gasteiger partial charge is 0.378 e. The van der Waals surface area contributed by atoms with E-state index in [2.05, 4.69) is 19.1 Å². The first-order chi connectivity index (χ1) is 18.0. The first-order valence-corrected chi connectivity index (χ1v) is 14.0. The summed E-state index contributed by atoms with van der Waals surface area (Å²) in [7, 11) is 0. The Morgan fingerprint density at radius 2 is 1.35 bits per heavy atom. The van der Waals surface area contributed by atoms with Crippen molar-refractivity contribution in [2.75, 3.05) is 0 Å². The lowest BCUT2D eigenvalue weighted by molar-refractivity contribution is -0.206. The van der Waals surface area contributed by atoms with Gasteiger partial charge in [-0.1, -0.05) is 101 Å². The zero-order valence-electron chi connectivity index (χ0n) is 22.3. The number of carbonyl (C=O) groups excluding carboxylic acids is 4. The maximum Gasteiger partial charge on any atom is 0.378 e. The highest BCUT2D eigenvalue weighted by Crippen LogP contribution is 2.23. The lowest BCUT2D eigenvalue weighted by Gasteiger charge is -2.19. The number of benzene rings is 1. The minimum absolute atomic E-state index is 0.00259. The second-order valence-corrected chi connectivity index (χ2v) is 9.61. The number of esters is 1. The number of imide groups is 1. The van der Waals surface area contributed by atoms with Crippen molar-refractivity contribution in [1.29, 1.82) is 0 Å². The van der Waals surface area contributed by atoms with Crippen molar-refractivity contribution in [3.63, 3.8) is 0 Å². The Bertz CT molecular complexity index is 850. The predicted octanol–water partition coefficient (Wildman–Crippen LogP) is 6.92. The van der Waals surface area contributed by atoms with Crippen LogP contribution in [0.1, 0.15) is 121 Å². The number of nitrogens with zero attached hydrogens (tertiary/aromatic N) is 1. The fourth-order valence-electron chi connectivity index (χ4n) is 4.21. The molecule has 0 saturated carbocycles. The molecule has 0 aliphatic carbocycles. The molecule has 2 amide bonds. The highest BCUT2D eigenvalue weighted by atomic mass is 16.7. The number of ether oxygens (including phenoxy) is 1. The van der Waals surface area contributed by atoms with Crippen molar-refractivity contribution in [1.82, 2.24) is 5.06 Å². The second-order valence-electron chi connectivity index (χ2n) is 9.61. The molecule has 1 aliphatic heterocycles. The van der Waals surface area contributed by atoms with E-state index in [4.69, 9.17) is 9.57 Å². The Kier molecular flexibility index (Phi) is 15.0. The van der Waals surface area contributed by atoms with Gasteiger partial charge in [-0.3, -0.25) is 14.4 Å². The summed E-state index contributed by atoms with van der Waals surface area (Å²) < 4.78 is 5.43. The molecule has 0 aromatic heterocycles. The first kappa shape index (κ1) is 30.3. The van der Waals surface area contributed by atoms with E-state index in [1.807, 2.05) is 0 Å². The molecule has 37 heavy (non-hydrogen) atoms. The minimum atomic E-state index is -1.34. The molecule has 1 aromatic carbocycles. The van der Waals surface area contributed by atoms with Crippen LogP contribution in [-0.2, 0) is 28.8 Å². The number of hydrogen-bond acceptors (Lipinski definition) is 6. The van der Waals surface area contributed by atoms with Crippen molar-refractivity contribution >= 4 is 23.8 Å². The fourth-order valence-corrected chi connectivity index (χ4v) is 4.21. The van der Waals surface area contributed by atoms with Crippen LogP contribution in [0.5, 0.6) is 0 Å². The van der Waals surface area contributed by atoms with E-state index < -0.39 is 29.9 Å². The summed E-state index contributed by atoms with van der Waals surface area (Å²) in [6.07, 6.45) is 18.6. The number of unbranched alkanes of at least 4 members (excludes halogenated alkanes) is 11. The average Bonchev–Trinajstić information content (AvgIpc) is 3.22. The van der Waals surface area contributed by atoms with Gasteiger partial charge in [-0.15, -0.1) is 5.06 Å². The Hall–Kier alpha value is -2.96. The SMILES string of the molecule is CCCCCCCC/C=C/CCCCCCCC(=O)O[C@H](C(=O)ON1C(=O)CCC1=O)c1ccccc1. The fraction of sp³-hybridized carbons (Fsp3) is 0.600. The van der Waals surface area contributed by atoms with Gasteiger partial charge in [0.05, 0.1) is 0 Å². The largest absolute Gasteiger partial charge is 0.445 e. The predicted molar refractivity (Wildman–Crippen MR) is 142 cm³/mol. The van der Waals surface area contributed by atoms with E-state index >= 15 is 0 Å². The van der Waals surface area contributed by atoms with Crippen molar-refractivity contribution in [3.05, 3.63) is 48.0 Å². The van der Waals surface area contributed by atoms with Gasteiger partial charge in [0.2, 0.25) is 6.10 Å². The Morgan fingerprint density at radius 3 is 1.95 bits per heavy atom. The highest BCUT2D eigenvalue weighted by molar-refractivity contribution is 6.01. The Morgan fingerprint density at radius 1 is 0.811 bits per heavy atom. The molecule has 0 unspecified atom stereocenters. The van der Waals surface area contributed by atoms with Crippen molar-refractivity contribution in [2.45, 2.75) is 116 Å². The van der Waals surface area contributed by atoms with Crippen LogP contribution in [0.15, 0.2) is 42.5 Å². The van der Waals surface area contributed by atoms with Crippen molar-refractivity contribution in [3.8, 4) is 0 Å². The van der Waals surface area contributed by atoms with Gasteiger partial charge < -0.3 is 9.57 Å². The third kappa shape index (κ3) is 12.2. The summed E-state index contributed by atoms with van der Waals surface area (Å²) >= 11 is 0. The van der Waals surface area contributed by atoms with Crippen LogP contribution < -0.4 is 0 Å². The van der Waals surface area contributed by atoms with Gasteiger partial charge in [-0.05, 0) is 32.1 Å². The third-order valence-corrected chi connectivity index (χ3v) is 6.40. The lowest BCUT2D eigenvalue weighted by atomic mass is 10.1. The average molecular weight is 514 g/mol. The molecule has 1 aromatic rings. The summed E-state index contributed by atoms with van der Waals surface area (Å²) in [4.78, 5) is 53.7. The van der Waals surface area contributed by atoms with Gasteiger partial charge in [0.15, 0.2) is 0 Å². The molecule has 0 bridgehead atoms. The number of hydroxylamine groups is 2. The van der Waals surface area contributed by atoms with Gasteiger partial charge in [0, 0.05) is 24.8 Å². The van der Waals surface area contributed by atoms with Gasteiger partial charge in [0.25, 0.3) is 11.8 Å². The maximum atomic E-state index is 12.7. The van der Waals surface area contributed by atoms with Gasteiger partial charge >= 0.3 is 11.9 Å². The molecule has 1 atom stereocenters. The van der Waals surface area contributed by atoms with E-state index in [-0.39, 0.29) is 19.3 Å². The number of hydrogen-bond donors (Lipinski definition) is 0. The molecule has 0 N–H and O–H groups in total. The van der Waals surface area contributed by atoms with Gasteiger partial charge in [-0.25, -0.2) is 4.79 Å². The van der Waals surface area contributed by atoms with Crippen LogP contribution >= 0.6 is 0 Å². The lowest BCUT2D eigenvalue weighted by Crippen LogP contribution is -2.35. The molecular formula is C30H43NO6. The minimum Gasteiger partial charge on any atom is -0.445 e. The number of carbonyl (C=O) groups is 4. The van der Waals surface area contributed by atoms with E-state index in [9.17, 15) is 19.2 Å². The molecular weight excluding hydrogens is 470 g/mol. The molecule has 1 heterocycles. The summed E-state index contributed by atoms with van der Waals surface area (Å²) in [6, 6.07) is 8.45. The molecule has 2 rings (SSSR count). The highest BCUT2D eigenvalue weighted by Gasteiger charge is 2.36. The number of rotatable bonds is 19. The van der Waals surface area contributed by atoms with Crippen LogP contribution in [0.2, 0.25) is 0 Å². The normalized spacial score (nSPS) is 14.4. The molecule has 1 aliphatic rings. The molecule has 0 radical (unpaired) electrons. The van der Waals surface area contributed by atoms with E-state index in [0.717, 1.165) is 32.1 Å². The molecule has 7 nitrogen and oxygen atoms in total. The zero-order valence-corrected chi connectivity index (χ0v) is 22.3. The quantitative estimate of drug-likeness (QED) is 0.0863. The summed E-state index contributed by atoms with van der Waals surface area (Å²) in [6.45, 7) is 2.24. The van der Waals surface area contributed by atoms with Crippen LogP contribution in [0.3, 0.4) is 0 Å². The molecule has 7 heteroatoms. The van der Waals surface area contributed by atoms with Gasteiger partial charge in [-0.2, -0.15) is 0 Å². The molecule has 1 fully saturated rings. The van der Waals surface area contributed by atoms with Crippen molar-refractivity contribution < 1.29 is 28.8 Å². The van der Waals surface area contributed by atoms with Crippen LogP contribution in [0.25, 0.3) is 0 Å². The first-order valence-electron chi connectivity index (χ1n) is 14.0. The standard InChI is InChI=1S/C30H43NO6/c1-2-3-4-5-6-7-8-9-10-11-12-13-14-15-19-22-28(34)36-29(25-20-17-16-18-21-25)30(35)37-31-26(32)23-24-27(31)33/h9-10,16-18,20-21,29H,2-8,11-15,19,22-24H2,1H3/b10-9+/t29-/m0/s1. The van der Waals surface area contributed by atoms with Crippen molar-refractivity contribution in [2.24, 2.45) is 0 Å². The maximum absolute atomic E-state index is 12.7. The molecule has 0 spiro atoms. The molecule has 204 valence electrons. The van der Waals surface area contributed by atoms with E-state index in [0.29, 0.717) is 17.0 Å². The zero-order chi connectivity index (χ0) is 26.7. The number of amides is 2. The summed E-state index contributed by atoms with van der Waals surface area (Å²) in [5.41, 5.74) is 0.421. The van der Waals surface area contributed by atoms with Crippen LogP contribution in [0, 0.1) is 0 Å². The molecule has 1 saturated heterocycles. The monoisotopic (exact) mass is 513 g/mol. The Balaban J connectivity index is 1.62. The summed E-state index contributed by atoms with van der Waals surface area (Å²) in [5, 5.41) is 0.468. The van der Waals surface area contributed by atoms with E-state index in [1.165, 1.54) is 44.9 Å². The summed E-state index contributed by atoms with van der Waals surface area (Å²) in [5.74, 6) is -2.63. The topological polar surface area (TPSA) is 90.0 Å². The van der Waals surface area contributed by atoms with Gasteiger partial charge in [0.1, 0.15) is 0 Å². The van der Waals surface area contributed by atoms with Crippen LogP contribution in [-0.4, -0.2) is 28.8 Å². The third-order valence-electron chi connectivity index (χ3n) is 6.40. The van der Waals surface area contributed by atoms with Crippen LogP contribution in [0.4, 0.5) is 0 Å².